The summed E-state index contributed by atoms with van der Waals surface area (Å²) in [7, 11) is 1.67. The van der Waals surface area contributed by atoms with Crippen molar-refractivity contribution in [2.45, 2.75) is 38.8 Å². The van der Waals surface area contributed by atoms with Gasteiger partial charge in [-0.05, 0) is 37.8 Å². The molecule has 0 radical (unpaired) electrons. The highest BCUT2D eigenvalue weighted by Gasteiger charge is 2.27. The van der Waals surface area contributed by atoms with Gasteiger partial charge in [-0.25, -0.2) is 0 Å². The molecule has 1 aliphatic rings. The maximum absolute atomic E-state index is 5.96. The fourth-order valence-corrected chi connectivity index (χ4v) is 2.90. The summed E-state index contributed by atoms with van der Waals surface area (Å²) in [6.45, 7) is 4.46. The summed E-state index contributed by atoms with van der Waals surface area (Å²) in [6, 6.07) is 8.98. The third kappa shape index (κ3) is 2.35. The highest BCUT2D eigenvalue weighted by molar-refractivity contribution is 5.83. The van der Waals surface area contributed by atoms with Crippen molar-refractivity contribution in [2.24, 2.45) is 5.92 Å². The Kier molecular flexibility index (Phi) is 3.23. The van der Waals surface area contributed by atoms with Crippen LogP contribution in [0.3, 0.4) is 0 Å². The molecule has 1 heterocycles. The van der Waals surface area contributed by atoms with E-state index in [0.29, 0.717) is 6.04 Å². The van der Waals surface area contributed by atoms with Crippen molar-refractivity contribution in [3.8, 4) is 5.75 Å². The number of furan rings is 1. The van der Waals surface area contributed by atoms with Crippen molar-refractivity contribution in [3.63, 3.8) is 0 Å². The fourth-order valence-electron chi connectivity index (χ4n) is 2.90. The zero-order valence-corrected chi connectivity index (χ0v) is 11.8. The SMILES string of the molecule is COc1cccc2cc(C(C)NC3CC(C)C3)oc12. The van der Waals surface area contributed by atoms with Crippen LogP contribution < -0.4 is 10.1 Å². The number of hydrogen-bond donors (Lipinski definition) is 1. The zero-order chi connectivity index (χ0) is 13.4. The predicted molar refractivity (Wildman–Crippen MR) is 76.5 cm³/mol. The van der Waals surface area contributed by atoms with Crippen molar-refractivity contribution < 1.29 is 9.15 Å². The first-order chi connectivity index (χ1) is 9.17. The Morgan fingerprint density at radius 1 is 1.37 bits per heavy atom. The molecule has 19 heavy (non-hydrogen) atoms. The summed E-state index contributed by atoms with van der Waals surface area (Å²) in [5.41, 5.74) is 0.843. The van der Waals surface area contributed by atoms with Gasteiger partial charge in [-0.3, -0.25) is 0 Å². The monoisotopic (exact) mass is 259 g/mol. The van der Waals surface area contributed by atoms with Gasteiger partial charge in [0.2, 0.25) is 0 Å². The molecule has 0 amide bonds. The molecule has 3 rings (SSSR count). The average molecular weight is 259 g/mol. The quantitative estimate of drug-likeness (QED) is 0.904. The number of rotatable bonds is 4. The zero-order valence-electron chi connectivity index (χ0n) is 11.8. The van der Waals surface area contributed by atoms with E-state index in [0.717, 1.165) is 28.4 Å². The van der Waals surface area contributed by atoms with Crippen LogP contribution in [0.4, 0.5) is 0 Å². The van der Waals surface area contributed by atoms with Gasteiger partial charge in [-0.15, -0.1) is 0 Å². The van der Waals surface area contributed by atoms with Crippen LogP contribution in [-0.2, 0) is 0 Å². The molecule has 0 saturated heterocycles. The molecule has 1 aromatic carbocycles. The minimum atomic E-state index is 0.245. The third-order valence-corrected chi connectivity index (χ3v) is 4.03. The number of para-hydroxylation sites is 1. The standard InChI is InChI=1S/C16H21NO2/c1-10-7-13(8-10)17-11(2)15-9-12-5-4-6-14(18-3)16(12)19-15/h4-6,9-11,13,17H,7-8H2,1-3H3. The molecule has 2 aromatic rings. The molecule has 0 spiro atoms. The van der Waals surface area contributed by atoms with Gasteiger partial charge in [0, 0.05) is 11.4 Å². The lowest BCUT2D eigenvalue weighted by Crippen LogP contribution is -2.41. The summed E-state index contributed by atoms with van der Waals surface area (Å²) in [6.07, 6.45) is 2.54. The minimum Gasteiger partial charge on any atom is -0.493 e. The molecule has 1 saturated carbocycles. The van der Waals surface area contributed by atoms with Crippen LogP contribution in [0, 0.1) is 5.92 Å². The van der Waals surface area contributed by atoms with Crippen LogP contribution in [0.5, 0.6) is 5.75 Å². The Morgan fingerprint density at radius 2 is 2.16 bits per heavy atom. The van der Waals surface area contributed by atoms with E-state index < -0.39 is 0 Å². The number of nitrogens with one attached hydrogen (secondary N) is 1. The van der Waals surface area contributed by atoms with Gasteiger partial charge in [0.05, 0.1) is 13.2 Å². The molecule has 3 heteroatoms. The lowest BCUT2D eigenvalue weighted by Gasteiger charge is -2.35. The van der Waals surface area contributed by atoms with Crippen LogP contribution in [0.15, 0.2) is 28.7 Å². The van der Waals surface area contributed by atoms with E-state index in [1.54, 1.807) is 7.11 Å². The molecule has 0 bridgehead atoms. The third-order valence-electron chi connectivity index (χ3n) is 4.03. The highest BCUT2D eigenvalue weighted by Crippen LogP contribution is 2.33. The van der Waals surface area contributed by atoms with Crippen LogP contribution >= 0.6 is 0 Å². The maximum Gasteiger partial charge on any atom is 0.176 e. The van der Waals surface area contributed by atoms with Gasteiger partial charge in [0.1, 0.15) is 5.76 Å². The summed E-state index contributed by atoms with van der Waals surface area (Å²) >= 11 is 0. The topological polar surface area (TPSA) is 34.4 Å². The van der Waals surface area contributed by atoms with E-state index in [2.05, 4.69) is 31.3 Å². The Hall–Kier alpha value is -1.48. The van der Waals surface area contributed by atoms with Gasteiger partial charge >= 0.3 is 0 Å². The number of fused-ring (bicyclic) bond motifs is 1. The number of hydrogen-bond acceptors (Lipinski definition) is 3. The van der Waals surface area contributed by atoms with E-state index in [-0.39, 0.29) is 6.04 Å². The molecular formula is C16H21NO2. The molecule has 1 atom stereocenters. The summed E-state index contributed by atoms with van der Waals surface area (Å²) in [5, 5.41) is 4.73. The smallest absolute Gasteiger partial charge is 0.176 e. The number of benzene rings is 1. The molecule has 1 N–H and O–H groups in total. The maximum atomic E-state index is 5.96. The second-order valence-electron chi connectivity index (χ2n) is 5.69. The molecule has 1 aliphatic carbocycles. The molecule has 0 aliphatic heterocycles. The number of methoxy groups -OCH3 is 1. The van der Waals surface area contributed by atoms with Gasteiger partial charge < -0.3 is 14.5 Å². The molecule has 1 unspecified atom stereocenters. The van der Waals surface area contributed by atoms with E-state index in [1.807, 2.05) is 12.1 Å². The first kappa shape index (κ1) is 12.5. The first-order valence-corrected chi connectivity index (χ1v) is 7.00. The van der Waals surface area contributed by atoms with Crippen molar-refractivity contribution >= 4 is 11.0 Å². The average Bonchev–Trinajstić information content (AvgIpc) is 2.80. The summed E-state index contributed by atoms with van der Waals surface area (Å²) in [4.78, 5) is 0. The molecule has 1 aromatic heterocycles. The van der Waals surface area contributed by atoms with Crippen LogP contribution in [0.1, 0.15) is 38.5 Å². The van der Waals surface area contributed by atoms with Gasteiger partial charge in [-0.1, -0.05) is 19.1 Å². The summed E-state index contributed by atoms with van der Waals surface area (Å²) in [5.74, 6) is 2.65. The largest absolute Gasteiger partial charge is 0.493 e. The van der Waals surface area contributed by atoms with Crippen molar-refractivity contribution in [2.75, 3.05) is 7.11 Å². The molecule has 102 valence electrons. The van der Waals surface area contributed by atoms with Crippen molar-refractivity contribution in [3.05, 3.63) is 30.0 Å². The molecule has 3 nitrogen and oxygen atoms in total. The fraction of sp³-hybridized carbons (Fsp3) is 0.500. The van der Waals surface area contributed by atoms with Crippen molar-refractivity contribution in [1.29, 1.82) is 0 Å². The Morgan fingerprint density at radius 3 is 2.84 bits per heavy atom. The van der Waals surface area contributed by atoms with Gasteiger partial charge in [-0.2, -0.15) is 0 Å². The number of ether oxygens (including phenoxy) is 1. The highest BCUT2D eigenvalue weighted by atomic mass is 16.5. The van der Waals surface area contributed by atoms with E-state index in [4.69, 9.17) is 9.15 Å². The van der Waals surface area contributed by atoms with Crippen LogP contribution in [0.2, 0.25) is 0 Å². The Labute approximate surface area is 113 Å². The first-order valence-electron chi connectivity index (χ1n) is 7.00. The van der Waals surface area contributed by atoms with E-state index in [1.165, 1.54) is 12.8 Å². The van der Waals surface area contributed by atoms with Crippen LogP contribution in [-0.4, -0.2) is 13.2 Å². The van der Waals surface area contributed by atoms with Crippen LogP contribution in [0.25, 0.3) is 11.0 Å². The predicted octanol–water partition coefficient (Wildman–Crippen LogP) is 3.89. The normalized spacial score (nSPS) is 24.2. The van der Waals surface area contributed by atoms with Crippen molar-refractivity contribution in [1.82, 2.24) is 5.32 Å². The Balaban J connectivity index is 1.80. The van der Waals surface area contributed by atoms with E-state index in [9.17, 15) is 0 Å². The lowest BCUT2D eigenvalue weighted by atomic mass is 9.81. The Bertz CT molecular complexity index is 569. The lowest BCUT2D eigenvalue weighted by molar-refractivity contribution is 0.219. The second kappa shape index (κ2) is 4.89. The van der Waals surface area contributed by atoms with Gasteiger partial charge in [0.15, 0.2) is 11.3 Å². The molecular weight excluding hydrogens is 238 g/mol. The molecule has 1 fully saturated rings. The van der Waals surface area contributed by atoms with E-state index >= 15 is 0 Å². The van der Waals surface area contributed by atoms with Gasteiger partial charge in [0.25, 0.3) is 0 Å². The second-order valence-corrected chi connectivity index (χ2v) is 5.69. The summed E-state index contributed by atoms with van der Waals surface area (Å²) < 4.78 is 11.3. The minimum absolute atomic E-state index is 0.245.